The summed E-state index contributed by atoms with van der Waals surface area (Å²) in [5.41, 5.74) is 5.71. The highest BCUT2D eigenvalue weighted by atomic mass is 14.1. The van der Waals surface area contributed by atoms with E-state index in [-0.39, 0.29) is 0 Å². The van der Waals surface area contributed by atoms with E-state index in [0.29, 0.717) is 0 Å². The van der Waals surface area contributed by atoms with Crippen LogP contribution in [0, 0.1) is 0 Å². The summed E-state index contributed by atoms with van der Waals surface area (Å²) in [6, 6.07) is 17.9. The highest BCUT2D eigenvalue weighted by molar-refractivity contribution is 5.68. The van der Waals surface area contributed by atoms with Crippen molar-refractivity contribution in [3.05, 3.63) is 59.7 Å². The van der Waals surface area contributed by atoms with Crippen molar-refractivity contribution in [2.75, 3.05) is 0 Å². The van der Waals surface area contributed by atoms with E-state index in [9.17, 15) is 0 Å². The first kappa shape index (κ1) is 13.9. The largest absolute Gasteiger partial charge is 0.0654 e. The van der Waals surface area contributed by atoms with Crippen LogP contribution in [-0.2, 0) is 12.8 Å². The lowest BCUT2D eigenvalue weighted by atomic mass is 9.95. The van der Waals surface area contributed by atoms with Gasteiger partial charge in [-0.3, -0.25) is 0 Å². The van der Waals surface area contributed by atoms with Crippen LogP contribution >= 0.6 is 0 Å². The molecular formula is C19H24. The predicted molar refractivity (Wildman–Crippen MR) is 84.5 cm³/mol. The van der Waals surface area contributed by atoms with Gasteiger partial charge in [0.1, 0.15) is 0 Å². The first-order valence-electron chi connectivity index (χ1n) is 7.52. The third kappa shape index (κ3) is 3.70. The topological polar surface area (TPSA) is 0 Å². The summed E-state index contributed by atoms with van der Waals surface area (Å²) in [6.45, 7) is 4.49. The van der Waals surface area contributed by atoms with E-state index < -0.39 is 0 Å². The van der Waals surface area contributed by atoms with Crippen LogP contribution in [0.5, 0.6) is 0 Å². The fourth-order valence-corrected chi connectivity index (χ4v) is 2.56. The van der Waals surface area contributed by atoms with Crippen molar-refractivity contribution in [2.45, 2.75) is 46.0 Å². The van der Waals surface area contributed by atoms with Crippen molar-refractivity contribution < 1.29 is 0 Å². The molecule has 0 spiro atoms. The number of unbranched alkanes of at least 4 members (excludes halogenated alkanes) is 1. The smallest absolute Gasteiger partial charge is 0.0152 e. The number of hydrogen-bond acceptors (Lipinski definition) is 0. The molecular weight excluding hydrogens is 228 g/mol. The van der Waals surface area contributed by atoms with Gasteiger partial charge < -0.3 is 0 Å². The van der Waals surface area contributed by atoms with E-state index in [4.69, 9.17) is 0 Å². The van der Waals surface area contributed by atoms with Crippen LogP contribution < -0.4 is 0 Å². The number of rotatable bonds is 6. The van der Waals surface area contributed by atoms with Gasteiger partial charge in [0.25, 0.3) is 0 Å². The zero-order chi connectivity index (χ0) is 13.5. The van der Waals surface area contributed by atoms with Gasteiger partial charge in [-0.25, -0.2) is 0 Å². The van der Waals surface area contributed by atoms with Crippen LogP contribution in [0.3, 0.4) is 0 Å². The fourth-order valence-electron chi connectivity index (χ4n) is 2.56. The molecule has 0 amide bonds. The first-order chi connectivity index (χ1) is 9.35. The molecule has 2 rings (SSSR count). The summed E-state index contributed by atoms with van der Waals surface area (Å²) in [7, 11) is 0. The Labute approximate surface area is 117 Å². The number of benzene rings is 2. The Morgan fingerprint density at radius 1 is 0.789 bits per heavy atom. The van der Waals surface area contributed by atoms with E-state index in [2.05, 4.69) is 62.4 Å². The molecule has 0 bridgehead atoms. The van der Waals surface area contributed by atoms with E-state index >= 15 is 0 Å². The van der Waals surface area contributed by atoms with Crippen molar-refractivity contribution in [3.63, 3.8) is 0 Å². The molecule has 0 aliphatic carbocycles. The summed E-state index contributed by atoms with van der Waals surface area (Å²) < 4.78 is 0. The van der Waals surface area contributed by atoms with Gasteiger partial charge in [-0.05, 0) is 41.5 Å². The minimum Gasteiger partial charge on any atom is -0.0654 e. The summed E-state index contributed by atoms with van der Waals surface area (Å²) >= 11 is 0. The molecule has 0 saturated heterocycles. The van der Waals surface area contributed by atoms with Gasteiger partial charge in [0.05, 0.1) is 0 Å². The zero-order valence-electron chi connectivity index (χ0n) is 12.2. The quantitative estimate of drug-likeness (QED) is 0.623. The molecule has 0 saturated carbocycles. The van der Waals surface area contributed by atoms with Crippen molar-refractivity contribution >= 4 is 0 Å². The van der Waals surface area contributed by atoms with Gasteiger partial charge >= 0.3 is 0 Å². The average Bonchev–Trinajstić information content (AvgIpc) is 2.46. The minimum atomic E-state index is 1.16. The second kappa shape index (κ2) is 7.13. The third-order valence-electron chi connectivity index (χ3n) is 3.59. The van der Waals surface area contributed by atoms with Crippen molar-refractivity contribution in [3.8, 4) is 11.1 Å². The SMILES string of the molecule is CCCCc1cccc(-c2ccccc2CCC)c1. The number of aryl methyl sites for hydroxylation is 2. The molecule has 0 fully saturated rings. The fraction of sp³-hybridized carbons (Fsp3) is 0.368. The van der Waals surface area contributed by atoms with E-state index in [1.54, 1.807) is 0 Å². The maximum atomic E-state index is 2.37. The molecule has 0 aliphatic rings. The lowest BCUT2D eigenvalue weighted by Gasteiger charge is -2.10. The first-order valence-corrected chi connectivity index (χ1v) is 7.52. The second-order valence-electron chi connectivity index (χ2n) is 5.21. The van der Waals surface area contributed by atoms with Crippen LogP contribution in [0.15, 0.2) is 48.5 Å². The van der Waals surface area contributed by atoms with Gasteiger partial charge in [-0.1, -0.05) is 75.2 Å². The average molecular weight is 252 g/mol. The molecule has 0 N–H and O–H groups in total. The molecule has 100 valence electrons. The lowest BCUT2D eigenvalue weighted by Crippen LogP contribution is -1.91. The Kier molecular flexibility index (Phi) is 5.20. The van der Waals surface area contributed by atoms with Crippen molar-refractivity contribution in [2.24, 2.45) is 0 Å². The standard InChI is InChI=1S/C19H24/c1-3-5-10-16-11-8-13-18(15-16)19-14-7-6-12-17(19)9-4-2/h6-8,11-15H,3-5,9-10H2,1-2H3. The van der Waals surface area contributed by atoms with E-state index in [0.717, 1.165) is 6.42 Å². The Morgan fingerprint density at radius 3 is 2.42 bits per heavy atom. The highest BCUT2D eigenvalue weighted by Crippen LogP contribution is 2.26. The van der Waals surface area contributed by atoms with Gasteiger partial charge in [0, 0.05) is 0 Å². The molecule has 0 aliphatic heterocycles. The summed E-state index contributed by atoms with van der Waals surface area (Å²) in [5.74, 6) is 0. The molecule has 0 aromatic heterocycles. The monoisotopic (exact) mass is 252 g/mol. The van der Waals surface area contributed by atoms with Gasteiger partial charge in [-0.2, -0.15) is 0 Å². The third-order valence-corrected chi connectivity index (χ3v) is 3.59. The lowest BCUT2D eigenvalue weighted by molar-refractivity contribution is 0.795. The summed E-state index contributed by atoms with van der Waals surface area (Å²) in [5, 5.41) is 0. The minimum absolute atomic E-state index is 1.16. The maximum Gasteiger partial charge on any atom is -0.0152 e. The summed E-state index contributed by atoms with van der Waals surface area (Å²) in [6.07, 6.45) is 6.10. The Morgan fingerprint density at radius 2 is 1.63 bits per heavy atom. The highest BCUT2D eigenvalue weighted by Gasteiger charge is 2.04. The zero-order valence-corrected chi connectivity index (χ0v) is 12.2. The van der Waals surface area contributed by atoms with Crippen molar-refractivity contribution in [1.82, 2.24) is 0 Å². The molecule has 0 heteroatoms. The molecule has 0 heterocycles. The summed E-state index contributed by atoms with van der Waals surface area (Å²) in [4.78, 5) is 0. The normalized spacial score (nSPS) is 10.6. The second-order valence-corrected chi connectivity index (χ2v) is 5.21. The molecule has 2 aromatic rings. The molecule has 2 aromatic carbocycles. The Bertz CT molecular complexity index is 511. The maximum absolute atomic E-state index is 2.37. The molecule has 0 nitrogen and oxygen atoms in total. The van der Waals surface area contributed by atoms with E-state index in [1.165, 1.54) is 47.9 Å². The van der Waals surface area contributed by atoms with Gasteiger partial charge in [-0.15, -0.1) is 0 Å². The van der Waals surface area contributed by atoms with Crippen LogP contribution in [-0.4, -0.2) is 0 Å². The molecule has 0 radical (unpaired) electrons. The van der Waals surface area contributed by atoms with Crippen LogP contribution in [0.4, 0.5) is 0 Å². The molecule has 19 heavy (non-hydrogen) atoms. The van der Waals surface area contributed by atoms with E-state index in [1.807, 2.05) is 0 Å². The van der Waals surface area contributed by atoms with Crippen molar-refractivity contribution in [1.29, 1.82) is 0 Å². The van der Waals surface area contributed by atoms with Crippen LogP contribution in [0.1, 0.15) is 44.2 Å². The Balaban J connectivity index is 2.30. The van der Waals surface area contributed by atoms with Gasteiger partial charge in [0.15, 0.2) is 0 Å². The van der Waals surface area contributed by atoms with Crippen LogP contribution in [0.25, 0.3) is 11.1 Å². The molecule has 0 atom stereocenters. The molecule has 0 unspecified atom stereocenters. The predicted octanol–water partition coefficient (Wildman–Crippen LogP) is 5.65. The number of hydrogen-bond donors (Lipinski definition) is 0. The Hall–Kier alpha value is -1.56. The van der Waals surface area contributed by atoms with Gasteiger partial charge in [0.2, 0.25) is 0 Å². The van der Waals surface area contributed by atoms with Crippen LogP contribution in [0.2, 0.25) is 0 Å².